The van der Waals surface area contributed by atoms with E-state index >= 15 is 0 Å². The second-order valence-electron chi connectivity index (χ2n) is 7.86. The third kappa shape index (κ3) is 4.43. The molecule has 1 fully saturated rings. The van der Waals surface area contributed by atoms with Gasteiger partial charge in [-0.2, -0.15) is 0 Å². The van der Waals surface area contributed by atoms with Crippen LogP contribution in [0.1, 0.15) is 29.1 Å². The van der Waals surface area contributed by atoms with E-state index in [4.69, 9.17) is 19.4 Å². The average molecular weight is 425 g/mol. The highest BCUT2D eigenvalue weighted by Crippen LogP contribution is 2.38. The highest BCUT2D eigenvalue weighted by atomic mass is 32.1. The number of fused-ring (bicyclic) bond motifs is 3. The van der Waals surface area contributed by atoms with E-state index in [1.165, 1.54) is 35.1 Å². The van der Waals surface area contributed by atoms with Crippen molar-refractivity contribution >= 4 is 27.4 Å². The van der Waals surface area contributed by atoms with Crippen LogP contribution in [-0.2, 0) is 24.1 Å². The van der Waals surface area contributed by atoms with E-state index in [-0.39, 0.29) is 0 Å². The summed E-state index contributed by atoms with van der Waals surface area (Å²) >= 11 is 1.86. The quantitative estimate of drug-likeness (QED) is 0.581. The largest absolute Gasteiger partial charge is 0.492 e. The summed E-state index contributed by atoms with van der Waals surface area (Å²) in [5.41, 5.74) is 1.46. The number of rotatable bonds is 7. The van der Waals surface area contributed by atoms with Crippen molar-refractivity contribution in [2.24, 2.45) is 0 Å². The van der Waals surface area contributed by atoms with E-state index in [2.05, 4.69) is 10.2 Å². The molecule has 3 heterocycles. The molecular formula is C23H28N4O2S. The van der Waals surface area contributed by atoms with Gasteiger partial charge in [-0.05, 0) is 43.4 Å². The molecule has 158 valence electrons. The molecule has 1 saturated heterocycles. The first kappa shape index (κ1) is 19.7. The molecule has 3 aromatic rings. The van der Waals surface area contributed by atoms with Crippen LogP contribution in [0.4, 0.5) is 5.82 Å². The number of nitrogens with one attached hydrogen (secondary N) is 1. The molecule has 0 atom stereocenters. The molecule has 5 rings (SSSR count). The van der Waals surface area contributed by atoms with Gasteiger partial charge in [0, 0.05) is 18.0 Å². The topological polar surface area (TPSA) is 59.5 Å². The van der Waals surface area contributed by atoms with E-state index in [1.54, 1.807) is 0 Å². The summed E-state index contributed by atoms with van der Waals surface area (Å²) < 4.78 is 11.3. The molecule has 2 aromatic heterocycles. The molecule has 0 saturated carbocycles. The van der Waals surface area contributed by atoms with E-state index < -0.39 is 0 Å². The van der Waals surface area contributed by atoms with Crippen LogP contribution in [0.15, 0.2) is 30.3 Å². The zero-order valence-corrected chi connectivity index (χ0v) is 18.0. The van der Waals surface area contributed by atoms with Crippen molar-refractivity contribution in [2.75, 3.05) is 44.8 Å². The van der Waals surface area contributed by atoms with Crippen molar-refractivity contribution in [2.45, 2.75) is 32.2 Å². The summed E-state index contributed by atoms with van der Waals surface area (Å²) in [6, 6.07) is 9.95. The Hall–Kier alpha value is -2.22. The van der Waals surface area contributed by atoms with Crippen LogP contribution in [-0.4, -0.2) is 54.3 Å². The fraction of sp³-hybridized carbons (Fsp3) is 0.478. The number of aryl methyl sites for hydroxylation is 2. The smallest absolute Gasteiger partial charge is 0.146 e. The lowest BCUT2D eigenvalue weighted by Crippen LogP contribution is -2.36. The van der Waals surface area contributed by atoms with E-state index in [0.717, 1.165) is 61.5 Å². The molecule has 1 aliphatic carbocycles. The van der Waals surface area contributed by atoms with E-state index in [9.17, 15) is 0 Å². The first-order chi connectivity index (χ1) is 14.9. The highest BCUT2D eigenvalue weighted by Gasteiger charge is 2.22. The standard InChI is InChI=1S/C23H28N4O2S/c1-2-6-17(7-3-1)29-13-10-24-22-21-18-8-4-5-9-19(18)30-23(21)26-20(25-22)16-27-11-14-28-15-12-27/h1-3,6-7H,4-5,8-16H2,(H,24,25,26). The van der Waals surface area contributed by atoms with Gasteiger partial charge >= 0.3 is 0 Å². The molecule has 1 N–H and O–H groups in total. The van der Waals surface area contributed by atoms with Crippen LogP contribution in [0.3, 0.4) is 0 Å². The lowest BCUT2D eigenvalue weighted by Gasteiger charge is -2.25. The molecule has 2 aliphatic rings. The second kappa shape index (κ2) is 9.29. The normalized spacial score (nSPS) is 17.1. The Morgan fingerprint density at radius 2 is 1.90 bits per heavy atom. The monoisotopic (exact) mass is 424 g/mol. The number of aromatic nitrogens is 2. The van der Waals surface area contributed by atoms with Gasteiger partial charge in [0.1, 0.15) is 28.8 Å². The van der Waals surface area contributed by atoms with Crippen molar-refractivity contribution in [3.63, 3.8) is 0 Å². The third-order valence-corrected chi connectivity index (χ3v) is 6.92. The molecule has 0 radical (unpaired) electrons. The number of anilines is 1. The van der Waals surface area contributed by atoms with Gasteiger partial charge in [0.25, 0.3) is 0 Å². The Morgan fingerprint density at radius 1 is 1.07 bits per heavy atom. The number of para-hydroxylation sites is 1. The Balaban J connectivity index is 1.36. The van der Waals surface area contributed by atoms with Crippen molar-refractivity contribution < 1.29 is 9.47 Å². The molecule has 0 bridgehead atoms. The summed E-state index contributed by atoms with van der Waals surface area (Å²) in [7, 11) is 0. The molecule has 1 aromatic carbocycles. The summed E-state index contributed by atoms with van der Waals surface area (Å²) in [6.45, 7) is 5.54. The molecular weight excluding hydrogens is 396 g/mol. The van der Waals surface area contributed by atoms with Gasteiger partial charge in [-0.1, -0.05) is 18.2 Å². The average Bonchev–Trinajstić information content (AvgIpc) is 3.16. The molecule has 0 amide bonds. The van der Waals surface area contributed by atoms with Crippen LogP contribution in [0.2, 0.25) is 0 Å². The molecule has 0 unspecified atom stereocenters. The number of morpholine rings is 1. The number of thiophene rings is 1. The van der Waals surface area contributed by atoms with Gasteiger partial charge in [0.15, 0.2) is 0 Å². The number of nitrogens with zero attached hydrogens (tertiary/aromatic N) is 3. The minimum atomic E-state index is 0.598. The first-order valence-electron chi connectivity index (χ1n) is 10.9. The van der Waals surface area contributed by atoms with Crippen LogP contribution < -0.4 is 10.1 Å². The van der Waals surface area contributed by atoms with Gasteiger partial charge in [-0.3, -0.25) is 4.90 Å². The van der Waals surface area contributed by atoms with Gasteiger partial charge in [0.05, 0.1) is 31.7 Å². The Morgan fingerprint density at radius 3 is 2.77 bits per heavy atom. The van der Waals surface area contributed by atoms with Crippen LogP contribution in [0.25, 0.3) is 10.2 Å². The van der Waals surface area contributed by atoms with Crippen LogP contribution in [0, 0.1) is 0 Å². The van der Waals surface area contributed by atoms with E-state index in [0.29, 0.717) is 13.2 Å². The van der Waals surface area contributed by atoms with Gasteiger partial charge in [-0.15, -0.1) is 11.3 Å². The van der Waals surface area contributed by atoms with E-state index in [1.807, 2.05) is 41.7 Å². The van der Waals surface area contributed by atoms with Gasteiger partial charge < -0.3 is 14.8 Å². The SMILES string of the molecule is c1ccc(OCCNc2nc(CN3CCOCC3)nc3sc4c(c23)CCCC4)cc1. The Kier molecular flexibility index (Phi) is 6.11. The van der Waals surface area contributed by atoms with Crippen molar-refractivity contribution in [1.82, 2.24) is 14.9 Å². The lowest BCUT2D eigenvalue weighted by atomic mass is 9.97. The third-order valence-electron chi connectivity index (χ3n) is 5.74. The predicted octanol–water partition coefficient (Wildman–Crippen LogP) is 3.89. The summed E-state index contributed by atoms with van der Waals surface area (Å²) in [5.74, 6) is 2.77. The summed E-state index contributed by atoms with van der Waals surface area (Å²) in [6.07, 6.45) is 4.84. The van der Waals surface area contributed by atoms with Crippen molar-refractivity contribution in [3.8, 4) is 5.75 Å². The van der Waals surface area contributed by atoms with Crippen LogP contribution >= 0.6 is 11.3 Å². The van der Waals surface area contributed by atoms with Gasteiger partial charge in [0.2, 0.25) is 0 Å². The molecule has 1 aliphatic heterocycles. The van der Waals surface area contributed by atoms with Crippen LogP contribution in [0.5, 0.6) is 5.75 Å². The van der Waals surface area contributed by atoms with Crippen molar-refractivity contribution in [3.05, 3.63) is 46.6 Å². The fourth-order valence-corrected chi connectivity index (χ4v) is 5.49. The minimum absolute atomic E-state index is 0.598. The predicted molar refractivity (Wildman–Crippen MR) is 121 cm³/mol. The molecule has 0 spiro atoms. The minimum Gasteiger partial charge on any atom is -0.492 e. The zero-order valence-electron chi connectivity index (χ0n) is 17.2. The second-order valence-corrected chi connectivity index (χ2v) is 8.94. The first-order valence-corrected chi connectivity index (χ1v) is 11.7. The summed E-state index contributed by atoms with van der Waals surface area (Å²) in [5, 5.41) is 4.80. The number of hydrogen-bond acceptors (Lipinski definition) is 7. The summed E-state index contributed by atoms with van der Waals surface area (Å²) in [4.78, 5) is 14.9. The van der Waals surface area contributed by atoms with Gasteiger partial charge in [-0.25, -0.2) is 9.97 Å². The number of benzene rings is 1. The lowest BCUT2D eigenvalue weighted by molar-refractivity contribution is 0.0331. The maximum atomic E-state index is 5.86. The number of ether oxygens (including phenoxy) is 2. The highest BCUT2D eigenvalue weighted by molar-refractivity contribution is 7.19. The molecule has 6 nitrogen and oxygen atoms in total. The van der Waals surface area contributed by atoms with Crippen molar-refractivity contribution in [1.29, 1.82) is 0 Å². The maximum Gasteiger partial charge on any atom is 0.146 e. The maximum absolute atomic E-state index is 5.86. The fourth-order valence-electron chi connectivity index (χ4n) is 4.21. The Labute approximate surface area is 181 Å². The molecule has 7 heteroatoms. The molecule has 30 heavy (non-hydrogen) atoms. The number of hydrogen-bond donors (Lipinski definition) is 1. The Bertz CT molecular complexity index is 986. The zero-order chi connectivity index (χ0) is 20.2.